The number of ether oxygens (including phenoxy) is 1. The number of aliphatic hydroxyl groups excluding tert-OH is 2. The van der Waals surface area contributed by atoms with Crippen LogP contribution >= 0.6 is 0 Å². The van der Waals surface area contributed by atoms with E-state index in [4.69, 9.17) is 4.74 Å². The lowest BCUT2D eigenvalue weighted by Crippen LogP contribution is -2.71. The highest BCUT2D eigenvalue weighted by atomic mass is 16.5. The quantitative estimate of drug-likeness (QED) is 0.658. The largest absolute Gasteiger partial charge is 0.393 e. The smallest absolute Gasteiger partial charge is 0.0937 e. The Morgan fingerprint density at radius 2 is 1.72 bits per heavy atom. The van der Waals surface area contributed by atoms with E-state index in [2.05, 4.69) is 0 Å². The van der Waals surface area contributed by atoms with Gasteiger partial charge in [0.15, 0.2) is 0 Å². The summed E-state index contributed by atoms with van der Waals surface area (Å²) in [7, 11) is 0. The van der Waals surface area contributed by atoms with Crippen LogP contribution in [-0.4, -0.2) is 44.8 Å². The first-order chi connectivity index (χ1) is 7.98. The third kappa shape index (κ3) is 1.99. The maximum absolute atomic E-state index is 10.4. The van der Waals surface area contributed by atoms with Gasteiger partial charge in [-0.05, 0) is 40.5 Å². The van der Waals surface area contributed by atoms with Crippen molar-refractivity contribution < 1.29 is 20.1 Å². The van der Waals surface area contributed by atoms with E-state index in [1.807, 2.05) is 27.7 Å². The fourth-order valence-corrected chi connectivity index (χ4v) is 3.78. The van der Waals surface area contributed by atoms with Crippen molar-refractivity contribution in [1.82, 2.24) is 0 Å². The van der Waals surface area contributed by atoms with E-state index < -0.39 is 23.2 Å². The lowest BCUT2D eigenvalue weighted by atomic mass is 9.51. The van der Waals surface area contributed by atoms with Crippen LogP contribution < -0.4 is 0 Å². The molecule has 0 amide bonds. The third-order valence-electron chi connectivity index (χ3n) is 4.74. The van der Waals surface area contributed by atoms with E-state index in [1.165, 1.54) is 0 Å². The van der Waals surface area contributed by atoms with E-state index in [1.54, 1.807) is 6.92 Å². The Morgan fingerprint density at radius 3 is 2.22 bits per heavy atom. The molecule has 0 saturated heterocycles. The van der Waals surface area contributed by atoms with Crippen molar-refractivity contribution in [2.24, 2.45) is 11.3 Å². The topological polar surface area (TPSA) is 69.9 Å². The second-order valence-electron chi connectivity index (χ2n) is 7.47. The zero-order valence-electron chi connectivity index (χ0n) is 12.0. The SMILES string of the molecule is CC(C)(C)O[C@H]1C[C@@H]2[C@@H](O)C[C@@]1(C)[C@@H](O)[C@@]2(C)O. The molecule has 0 aromatic heterocycles. The highest BCUT2D eigenvalue weighted by Gasteiger charge is 2.64. The lowest BCUT2D eigenvalue weighted by Gasteiger charge is -2.62. The van der Waals surface area contributed by atoms with E-state index >= 15 is 0 Å². The molecule has 0 unspecified atom stereocenters. The van der Waals surface area contributed by atoms with Crippen LogP contribution in [-0.2, 0) is 4.74 Å². The van der Waals surface area contributed by atoms with Crippen LogP contribution in [0.15, 0.2) is 0 Å². The molecule has 0 heterocycles. The van der Waals surface area contributed by atoms with Gasteiger partial charge in [0.1, 0.15) is 0 Å². The molecular formula is C14H26O4. The minimum atomic E-state index is -1.23. The summed E-state index contributed by atoms with van der Waals surface area (Å²) in [5.74, 6) is -0.318. The first kappa shape index (κ1) is 14.3. The summed E-state index contributed by atoms with van der Waals surface area (Å²) in [6.45, 7) is 9.48. The molecule has 0 aliphatic heterocycles. The van der Waals surface area contributed by atoms with Gasteiger partial charge in [0.2, 0.25) is 0 Å². The van der Waals surface area contributed by atoms with Gasteiger partial charge < -0.3 is 20.1 Å². The fourth-order valence-electron chi connectivity index (χ4n) is 3.78. The molecule has 6 atom stereocenters. The molecule has 3 saturated carbocycles. The van der Waals surface area contributed by atoms with Crippen LogP contribution in [0.25, 0.3) is 0 Å². The first-order valence-corrected chi connectivity index (χ1v) is 6.75. The van der Waals surface area contributed by atoms with Gasteiger partial charge in [-0.1, -0.05) is 6.92 Å². The van der Waals surface area contributed by atoms with Crippen molar-refractivity contribution >= 4 is 0 Å². The Balaban J connectivity index is 2.30. The van der Waals surface area contributed by atoms with Gasteiger partial charge in [-0.2, -0.15) is 0 Å². The number of rotatable bonds is 1. The number of hydrogen-bond donors (Lipinski definition) is 3. The van der Waals surface area contributed by atoms with Crippen LogP contribution in [0.1, 0.15) is 47.5 Å². The molecule has 0 aromatic rings. The average Bonchev–Trinajstić information content (AvgIpc) is 2.16. The molecule has 106 valence electrons. The lowest BCUT2D eigenvalue weighted by molar-refractivity contribution is -0.296. The highest BCUT2D eigenvalue weighted by Crippen LogP contribution is 2.56. The number of hydrogen-bond acceptors (Lipinski definition) is 4. The van der Waals surface area contributed by atoms with Crippen LogP contribution in [0.5, 0.6) is 0 Å². The van der Waals surface area contributed by atoms with Gasteiger partial charge in [0.05, 0.1) is 29.5 Å². The van der Waals surface area contributed by atoms with E-state index in [0.29, 0.717) is 12.8 Å². The van der Waals surface area contributed by atoms with Gasteiger partial charge in [-0.3, -0.25) is 0 Å². The van der Waals surface area contributed by atoms with Crippen LogP contribution in [0.3, 0.4) is 0 Å². The van der Waals surface area contributed by atoms with Crippen molar-refractivity contribution in [2.75, 3.05) is 0 Å². The van der Waals surface area contributed by atoms with Crippen LogP contribution in [0.2, 0.25) is 0 Å². The Morgan fingerprint density at radius 1 is 1.17 bits per heavy atom. The second kappa shape index (κ2) is 3.92. The molecule has 18 heavy (non-hydrogen) atoms. The number of aliphatic hydroxyl groups is 3. The molecule has 3 aliphatic carbocycles. The minimum Gasteiger partial charge on any atom is -0.393 e. The van der Waals surface area contributed by atoms with Crippen molar-refractivity contribution in [3.63, 3.8) is 0 Å². The van der Waals surface area contributed by atoms with Crippen molar-refractivity contribution in [3.8, 4) is 0 Å². The normalized spacial score (nSPS) is 52.7. The van der Waals surface area contributed by atoms with E-state index in [-0.39, 0.29) is 17.6 Å². The molecule has 3 rings (SSSR count). The molecule has 0 aromatic carbocycles. The minimum absolute atomic E-state index is 0.124. The molecule has 0 radical (unpaired) electrons. The summed E-state index contributed by atoms with van der Waals surface area (Å²) in [6.07, 6.45) is -0.469. The standard InChI is InChI=1S/C14H26O4/c1-12(2,3)18-10-6-8-9(15)7-13(10,4)11(16)14(8,5)17/h8-11,15-17H,6-7H2,1-5H3/t8-,9+,10+,11-,13-,14+/m1/s1. The molecule has 4 heteroatoms. The maximum atomic E-state index is 10.4. The van der Waals surface area contributed by atoms with Gasteiger partial charge >= 0.3 is 0 Å². The zero-order valence-corrected chi connectivity index (χ0v) is 12.0. The zero-order chi connectivity index (χ0) is 13.9. The van der Waals surface area contributed by atoms with Crippen LogP contribution in [0, 0.1) is 11.3 Å². The summed E-state index contributed by atoms with van der Waals surface area (Å²) >= 11 is 0. The third-order valence-corrected chi connectivity index (χ3v) is 4.74. The summed E-state index contributed by atoms with van der Waals surface area (Å²) in [4.78, 5) is 0. The molecule has 3 N–H and O–H groups in total. The monoisotopic (exact) mass is 258 g/mol. The van der Waals surface area contributed by atoms with Gasteiger partial charge in [-0.25, -0.2) is 0 Å². The Bertz CT molecular complexity index is 329. The summed E-state index contributed by atoms with van der Waals surface area (Å²) in [5, 5.41) is 31.0. The van der Waals surface area contributed by atoms with Crippen molar-refractivity contribution in [1.29, 1.82) is 0 Å². The first-order valence-electron chi connectivity index (χ1n) is 6.75. The Labute approximate surface area is 109 Å². The highest BCUT2D eigenvalue weighted by molar-refractivity contribution is 5.14. The molecule has 3 aliphatic rings. The average molecular weight is 258 g/mol. The van der Waals surface area contributed by atoms with Crippen molar-refractivity contribution in [3.05, 3.63) is 0 Å². The summed E-state index contributed by atoms with van der Waals surface area (Å²) in [5.41, 5.74) is -2.11. The van der Waals surface area contributed by atoms with Gasteiger partial charge in [-0.15, -0.1) is 0 Å². The predicted molar refractivity (Wildman–Crippen MR) is 68.1 cm³/mol. The number of fused-ring (bicyclic) bond motifs is 3. The van der Waals surface area contributed by atoms with Gasteiger partial charge in [0, 0.05) is 11.3 Å². The van der Waals surface area contributed by atoms with E-state index in [0.717, 1.165) is 0 Å². The predicted octanol–water partition coefficient (Wildman–Crippen LogP) is 1.07. The van der Waals surface area contributed by atoms with Gasteiger partial charge in [0.25, 0.3) is 0 Å². The van der Waals surface area contributed by atoms with Crippen LogP contribution in [0.4, 0.5) is 0 Å². The molecule has 3 fully saturated rings. The molecular weight excluding hydrogens is 232 g/mol. The Hall–Kier alpha value is -0.160. The fraction of sp³-hybridized carbons (Fsp3) is 1.00. The maximum Gasteiger partial charge on any atom is 0.0937 e. The molecule has 4 nitrogen and oxygen atoms in total. The van der Waals surface area contributed by atoms with E-state index in [9.17, 15) is 15.3 Å². The molecule has 2 bridgehead atoms. The molecule has 0 spiro atoms. The van der Waals surface area contributed by atoms with Crippen molar-refractivity contribution in [2.45, 2.75) is 77.0 Å². The Kier molecular flexibility index (Phi) is 3.10. The summed E-state index contributed by atoms with van der Waals surface area (Å²) in [6, 6.07) is 0. The summed E-state index contributed by atoms with van der Waals surface area (Å²) < 4.78 is 6.05. The second-order valence-corrected chi connectivity index (χ2v) is 7.47.